The lowest BCUT2D eigenvalue weighted by molar-refractivity contribution is -0.149. The molecule has 0 amide bonds. The monoisotopic (exact) mass is 289 g/mol. The topological polar surface area (TPSA) is 58.6 Å². The Kier molecular flexibility index (Phi) is 4.32. The van der Waals surface area contributed by atoms with Gasteiger partial charge in [-0.15, -0.1) is 0 Å². The average Bonchev–Trinajstić information content (AvgIpc) is 2.73. The first-order valence-corrected chi connectivity index (χ1v) is 6.38. The van der Waals surface area contributed by atoms with Crippen molar-refractivity contribution in [3.63, 3.8) is 0 Å². The molecule has 0 aliphatic carbocycles. The summed E-state index contributed by atoms with van der Waals surface area (Å²) in [6.07, 6.45) is 0.514. The van der Waals surface area contributed by atoms with Crippen LogP contribution in [0.3, 0.4) is 0 Å². The first kappa shape index (κ1) is 13.5. The second kappa shape index (κ2) is 5.78. The number of halogens is 2. The van der Waals surface area contributed by atoms with Crippen molar-refractivity contribution in [2.45, 2.75) is 25.0 Å². The molecule has 1 aromatic rings. The lowest BCUT2D eigenvalue weighted by Gasteiger charge is -2.13. The van der Waals surface area contributed by atoms with Crippen molar-refractivity contribution in [1.82, 2.24) is 0 Å². The van der Waals surface area contributed by atoms with Crippen molar-refractivity contribution >= 4 is 34.9 Å². The SMILES string of the molecule is O=C(O)C1CCC(CNc2cc(Cl)cc(Cl)c2)O1. The molecule has 0 saturated carbocycles. The highest BCUT2D eigenvalue weighted by Gasteiger charge is 2.30. The molecule has 98 valence electrons. The van der Waals surface area contributed by atoms with E-state index in [1.165, 1.54) is 0 Å². The Hall–Kier alpha value is -0.970. The quantitative estimate of drug-likeness (QED) is 0.894. The highest BCUT2D eigenvalue weighted by molar-refractivity contribution is 6.35. The van der Waals surface area contributed by atoms with Crippen LogP contribution in [-0.4, -0.2) is 29.8 Å². The van der Waals surface area contributed by atoms with Crippen LogP contribution in [0.25, 0.3) is 0 Å². The molecule has 6 heteroatoms. The van der Waals surface area contributed by atoms with Crippen molar-refractivity contribution in [3.8, 4) is 0 Å². The summed E-state index contributed by atoms with van der Waals surface area (Å²) in [6, 6.07) is 5.18. The molecule has 4 nitrogen and oxygen atoms in total. The maximum absolute atomic E-state index is 10.7. The summed E-state index contributed by atoms with van der Waals surface area (Å²) in [7, 11) is 0. The first-order chi connectivity index (χ1) is 8.54. The van der Waals surface area contributed by atoms with E-state index in [1.54, 1.807) is 18.2 Å². The fourth-order valence-corrected chi connectivity index (χ4v) is 2.45. The molecule has 2 rings (SSSR count). The van der Waals surface area contributed by atoms with E-state index in [-0.39, 0.29) is 6.10 Å². The predicted octanol–water partition coefficient (Wildman–Crippen LogP) is 3.04. The summed E-state index contributed by atoms with van der Waals surface area (Å²) in [5, 5.41) is 13.1. The van der Waals surface area contributed by atoms with Gasteiger partial charge in [0.25, 0.3) is 0 Å². The lowest BCUT2D eigenvalue weighted by Crippen LogP contribution is -2.24. The maximum atomic E-state index is 10.7. The Balaban J connectivity index is 1.87. The molecule has 0 bridgehead atoms. The molecule has 1 fully saturated rings. The Labute approximate surface area is 115 Å². The second-order valence-electron chi connectivity index (χ2n) is 4.20. The summed E-state index contributed by atoms with van der Waals surface area (Å²) in [5.74, 6) is -0.900. The van der Waals surface area contributed by atoms with E-state index in [0.717, 1.165) is 12.1 Å². The summed E-state index contributed by atoms with van der Waals surface area (Å²) in [6.45, 7) is 0.542. The number of carbonyl (C=O) groups is 1. The zero-order valence-electron chi connectivity index (χ0n) is 9.53. The predicted molar refractivity (Wildman–Crippen MR) is 70.5 cm³/mol. The molecule has 1 aromatic carbocycles. The van der Waals surface area contributed by atoms with Crippen LogP contribution in [0.4, 0.5) is 5.69 Å². The third kappa shape index (κ3) is 3.51. The minimum Gasteiger partial charge on any atom is -0.479 e. The number of hydrogen-bond donors (Lipinski definition) is 2. The van der Waals surface area contributed by atoms with Crippen LogP contribution in [0.15, 0.2) is 18.2 Å². The van der Waals surface area contributed by atoms with Crippen LogP contribution in [0.2, 0.25) is 10.0 Å². The number of ether oxygens (including phenoxy) is 1. The van der Waals surface area contributed by atoms with Gasteiger partial charge in [0, 0.05) is 22.3 Å². The van der Waals surface area contributed by atoms with Crippen LogP contribution in [0.5, 0.6) is 0 Å². The number of hydrogen-bond acceptors (Lipinski definition) is 3. The van der Waals surface area contributed by atoms with Crippen LogP contribution < -0.4 is 5.32 Å². The van der Waals surface area contributed by atoms with Crippen molar-refractivity contribution in [2.24, 2.45) is 0 Å². The molecular weight excluding hydrogens is 277 g/mol. The maximum Gasteiger partial charge on any atom is 0.332 e. The molecule has 1 saturated heterocycles. The molecule has 18 heavy (non-hydrogen) atoms. The summed E-state index contributed by atoms with van der Waals surface area (Å²) >= 11 is 11.8. The number of rotatable bonds is 4. The van der Waals surface area contributed by atoms with Gasteiger partial charge in [0.05, 0.1) is 6.10 Å². The number of aliphatic carboxylic acids is 1. The molecule has 0 radical (unpaired) electrons. The molecule has 2 unspecified atom stereocenters. The number of carboxylic acids is 1. The summed E-state index contributed by atoms with van der Waals surface area (Å²) in [4.78, 5) is 10.7. The third-order valence-electron chi connectivity index (χ3n) is 2.78. The molecule has 0 spiro atoms. The van der Waals surface area contributed by atoms with E-state index in [2.05, 4.69) is 5.32 Å². The Morgan fingerprint density at radius 3 is 2.56 bits per heavy atom. The van der Waals surface area contributed by atoms with E-state index in [0.29, 0.717) is 23.0 Å². The van der Waals surface area contributed by atoms with E-state index in [9.17, 15) is 4.79 Å². The summed E-state index contributed by atoms with van der Waals surface area (Å²) in [5.41, 5.74) is 0.801. The minimum atomic E-state index is -0.900. The summed E-state index contributed by atoms with van der Waals surface area (Å²) < 4.78 is 5.38. The van der Waals surface area contributed by atoms with E-state index in [4.69, 9.17) is 33.0 Å². The highest BCUT2D eigenvalue weighted by atomic mass is 35.5. The molecular formula is C12H13Cl2NO3. The van der Waals surface area contributed by atoms with Crippen molar-refractivity contribution in [2.75, 3.05) is 11.9 Å². The van der Waals surface area contributed by atoms with Gasteiger partial charge in [0.15, 0.2) is 6.10 Å². The number of benzene rings is 1. The van der Waals surface area contributed by atoms with Crippen LogP contribution >= 0.6 is 23.2 Å². The molecule has 0 aromatic heterocycles. The minimum absolute atomic E-state index is 0.0937. The van der Waals surface area contributed by atoms with Gasteiger partial charge in [-0.25, -0.2) is 4.79 Å². The fourth-order valence-electron chi connectivity index (χ4n) is 1.93. The molecule has 1 aliphatic heterocycles. The van der Waals surface area contributed by atoms with Gasteiger partial charge in [0.2, 0.25) is 0 Å². The Bertz CT molecular complexity index is 433. The van der Waals surface area contributed by atoms with Gasteiger partial charge in [-0.05, 0) is 31.0 Å². The zero-order chi connectivity index (χ0) is 13.1. The van der Waals surface area contributed by atoms with Gasteiger partial charge in [-0.3, -0.25) is 0 Å². The first-order valence-electron chi connectivity index (χ1n) is 5.63. The van der Waals surface area contributed by atoms with Crippen LogP contribution in [-0.2, 0) is 9.53 Å². The smallest absolute Gasteiger partial charge is 0.332 e. The van der Waals surface area contributed by atoms with Gasteiger partial charge in [-0.2, -0.15) is 0 Å². The molecule has 1 aliphatic rings. The standard InChI is InChI=1S/C12H13Cl2NO3/c13-7-3-8(14)5-9(4-7)15-6-10-1-2-11(18-10)12(16)17/h3-5,10-11,15H,1-2,6H2,(H,16,17). The molecule has 1 heterocycles. The average molecular weight is 290 g/mol. The number of nitrogens with one attached hydrogen (secondary N) is 1. The van der Waals surface area contributed by atoms with E-state index in [1.807, 2.05) is 0 Å². The fraction of sp³-hybridized carbons (Fsp3) is 0.417. The van der Waals surface area contributed by atoms with Gasteiger partial charge in [0.1, 0.15) is 0 Å². The molecule has 2 atom stereocenters. The van der Waals surface area contributed by atoms with Crippen molar-refractivity contribution < 1.29 is 14.6 Å². The van der Waals surface area contributed by atoms with Crippen LogP contribution in [0, 0.1) is 0 Å². The van der Waals surface area contributed by atoms with Crippen LogP contribution in [0.1, 0.15) is 12.8 Å². The van der Waals surface area contributed by atoms with Gasteiger partial charge < -0.3 is 15.2 Å². The molecule has 2 N–H and O–H groups in total. The second-order valence-corrected chi connectivity index (χ2v) is 5.07. The van der Waals surface area contributed by atoms with E-state index >= 15 is 0 Å². The normalized spacial score (nSPS) is 23.0. The zero-order valence-corrected chi connectivity index (χ0v) is 11.0. The number of carboxylic acid groups (broad SMARTS) is 1. The number of anilines is 1. The third-order valence-corrected chi connectivity index (χ3v) is 3.22. The van der Waals surface area contributed by atoms with E-state index < -0.39 is 12.1 Å². The van der Waals surface area contributed by atoms with Crippen molar-refractivity contribution in [1.29, 1.82) is 0 Å². The Morgan fingerprint density at radius 1 is 1.33 bits per heavy atom. The van der Waals surface area contributed by atoms with Gasteiger partial charge in [-0.1, -0.05) is 23.2 Å². The lowest BCUT2D eigenvalue weighted by atomic mass is 10.2. The largest absolute Gasteiger partial charge is 0.479 e. The Morgan fingerprint density at radius 2 is 2.00 bits per heavy atom. The highest BCUT2D eigenvalue weighted by Crippen LogP contribution is 2.24. The van der Waals surface area contributed by atoms with Crippen molar-refractivity contribution in [3.05, 3.63) is 28.2 Å². The van der Waals surface area contributed by atoms with Gasteiger partial charge >= 0.3 is 5.97 Å².